The van der Waals surface area contributed by atoms with Crippen LogP contribution in [0, 0.1) is 46.3 Å². The number of rotatable bonds is 4. The van der Waals surface area contributed by atoms with Crippen molar-refractivity contribution >= 4 is 23.1 Å². The Morgan fingerprint density at radius 3 is 2.32 bits per heavy atom. The van der Waals surface area contributed by atoms with Gasteiger partial charge in [-0.2, -0.15) is 0 Å². The molecule has 0 aromatic carbocycles. The minimum Gasteiger partial charge on any atom is -0.217 e. The maximum absolute atomic E-state index is 12.1. The summed E-state index contributed by atoms with van der Waals surface area (Å²) in [6.45, 7) is 10.1. The van der Waals surface area contributed by atoms with Crippen LogP contribution in [0.15, 0.2) is 0 Å². The molecule has 4 saturated carbocycles. The number of fused-ring (bicyclic) bond motifs is 5. The Bertz CT molecular complexity index is 691. The second kappa shape index (κ2) is 7.53. The van der Waals surface area contributed by atoms with E-state index in [0.29, 0.717) is 16.7 Å². The van der Waals surface area contributed by atoms with Crippen molar-refractivity contribution in [2.45, 2.75) is 104 Å². The first-order valence-electron chi connectivity index (χ1n) is 12.0. The van der Waals surface area contributed by atoms with Crippen LogP contribution < -0.4 is 0 Å². The summed E-state index contributed by atoms with van der Waals surface area (Å²) < 4.78 is 24.2. The normalized spacial score (nSPS) is 49.8. The molecule has 0 saturated heterocycles. The highest BCUT2D eigenvalue weighted by Gasteiger charge is 2.60. The van der Waals surface area contributed by atoms with Crippen molar-refractivity contribution in [2.24, 2.45) is 46.3 Å². The molecule has 4 fully saturated rings. The molecule has 0 bridgehead atoms. The summed E-state index contributed by atoms with van der Waals surface area (Å²) in [5.41, 5.74) is 0.945. The van der Waals surface area contributed by atoms with E-state index in [4.69, 9.17) is 0 Å². The Balaban J connectivity index is 1.54. The van der Waals surface area contributed by atoms with Crippen LogP contribution in [0.1, 0.15) is 98.3 Å². The molecule has 9 atom stereocenters. The molecule has 4 aliphatic carbocycles. The van der Waals surface area contributed by atoms with Gasteiger partial charge >= 0.3 is 0 Å². The smallest absolute Gasteiger partial charge is 0.212 e. The lowest BCUT2D eigenvalue weighted by Gasteiger charge is -2.61. The molecule has 0 radical (unpaired) electrons. The Morgan fingerprint density at radius 2 is 1.64 bits per heavy atom. The second-order valence-electron chi connectivity index (χ2n) is 11.5. The van der Waals surface area contributed by atoms with Gasteiger partial charge in [0.2, 0.25) is 8.27 Å². The van der Waals surface area contributed by atoms with Gasteiger partial charge in [0.1, 0.15) is 0 Å². The van der Waals surface area contributed by atoms with E-state index in [1.165, 1.54) is 51.4 Å². The van der Waals surface area contributed by atoms with Gasteiger partial charge in [-0.1, -0.05) is 40.5 Å². The van der Waals surface area contributed by atoms with E-state index in [2.05, 4.69) is 42.5 Å². The van der Waals surface area contributed by atoms with Gasteiger partial charge in [-0.3, -0.25) is 0 Å². The van der Waals surface area contributed by atoms with Crippen LogP contribution in [-0.4, -0.2) is 13.7 Å². The van der Waals surface area contributed by atoms with Crippen molar-refractivity contribution in [3.05, 3.63) is 0 Å². The summed E-state index contributed by atoms with van der Waals surface area (Å²) in [5.74, 6) is 5.08. The quantitative estimate of drug-likeness (QED) is 0.406. The maximum atomic E-state index is 12.1. The first kappa shape index (κ1) is 21.7. The zero-order valence-corrected chi connectivity index (χ0v) is 20.8. The van der Waals surface area contributed by atoms with Crippen LogP contribution in [-0.2, 0) is 8.27 Å². The van der Waals surface area contributed by atoms with Gasteiger partial charge in [-0.05, 0) is 104 Å². The van der Waals surface area contributed by atoms with Gasteiger partial charge < -0.3 is 0 Å². The Labute approximate surface area is 181 Å². The lowest BCUT2D eigenvalue weighted by molar-refractivity contribution is -0.113. The van der Waals surface area contributed by atoms with Crippen molar-refractivity contribution in [1.82, 2.24) is 0 Å². The number of hydrogen-bond donors (Lipinski definition) is 0. The van der Waals surface area contributed by atoms with Crippen LogP contribution >= 0.6 is 14.8 Å². The summed E-state index contributed by atoms with van der Waals surface area (Å²) in [6.07, 6.45) is 13.9. The minimum absolute atomic E-state index is 0.151. The average Bonchev–Trinajstić information content (AvgIpc) is 2.97. The van der Waals surface area contributed by atoms with Crippen LogP contribution in [0.5, 0.6) is 0 Å². The standard InChI is InChI=1S/C24H41BrO2S/c1-5-6-16(2)20-9-10-21-19-8-7-17-15-18(28(25,26)27)11-13-23(17,3)22(19)12-14-24(20,21)4/h16-22H,5-15H2,1-4H3/t16-,17-,18?,19+,20-,21+,22+,23+,24-/m1/s1. The van der Waals surface area contributed by atoms with Crippen LogP contribution in [0.25, 0.3) is 0 Å². The number of halogens is 1. The average molecular weight is 474 g/mol. The van der Waals surface area contributed by atoms with E-state index in [1.54, 1.807) is 0 Å². The van der Waals surface area contributed by atoms with Crippen LogP contribution in [0.4, 0.5) is 0 Å². The molecule has 0 heterocycles. The fourth-order valence-electron chi connectivity index (χ4n) is 9.11. The highest BCUT2D eigenvalue weighted by atomic mass is 79.9. The third kappa shape index (κ3) is 3.35. The highest BCUT2D eigenvalue weighted by molar-refractivity contribution is 9.47. The molecule has 0 aliphatic heterocycles. The topological polar surface area (TPSA) is 34.1 Å². The van der Waals surface area contributed by atoms with Crippen LogP contribution in [0.2, 0.25) is 0 Å². The zero-order valence-electron chi connectivity index (χ0n) is 18.4. The van der Waals surface area contributed by atoms with E-state index >= 15 is 0 Å². The number of hydrogen-bond acceptors (Lipinski definition) is 2. The molecule has 28 heavy (non-hydrogen) atoms. The summed E-state index contributed by atoms with van der Waals surface area (Å²) in [5, 5.41) is -0.151. The first-order chi connectivity index (χ1) is 13.1. The molecule has 4 aliphatic rings. The van der Waals surface area contributed by atoms with Gasteiger partial charge in [0, 0.05) is 0 Å². The monoisotopic (exact) mass is 472 g/mol. The van der Waals surface area contributed by atoms with Gasteiger partial charge in [0.05, 0.1) is 20.1 Å². The molecule has 0 spiro atoms. The van der Waals surface area contributed by atoms with Crippen molar-refractivity contribution in [2.75, 3.05) is 0 Å². The van der Waals surface area contributed by atoms with Crippen molar-refractivity contribution in [3.63, 3.8) is 0 Å². The Morgan fingerprint density at radius 1 is 0.964 bits per heavy atom. The Kier molecular flexibility index (Phi) is 5.83. The van der Waals surface area contributed by atoms with Gasteiger partial charge in [0.25, 0.3) is 0 Å². The summed E-state index contributed by atoms with van der Waals surface area (Å²) in [7, 11) is -3.07. The van der Waals surface area contributed by atoms with Crippen molar-refractivity contribution in [3.8, 4) is 0 Å². The Hall–Kier alpha value is 0.430. The van der Waals surface area contributed by atoms with Gasteiger partial charge in [-0.15, -0.1) is 0 Å². The molecule has 1 unspecified atom stereocenters. The molecule has 0 N–H and O–H groups in total. The third-order valence-corrected chi connectivity index (χ3v) is 13.3. The fraction of sp³-hybridized carbons (Fsp3) is 1.00. The molecule has 0 amide bonds. The van der Waals surface area contributed by atoms with E-state index in [0.717, 1.165) is 48.9 Å². The molecular formula is C24H41BrO2S. The van der Waals surface area contributed by atoms with Crippen LogP contribution in [0.3, 0.4) is 0 Å². The minimum atomic E-state index is -3.07. The van der Waals surface area contributed by atoms with Crippen molar-refractivity contribution in [1.29, 1.82) is 0 Å². The predicted molar refractivity (Wildman–Crippen MR) is 121 cm³/mol. The fourth-order valence-corrected chi connectivity index (χ4v) is 11.0. The predicted octanol–water partition coefficient (Wildman–Crippen LogP) is 7.17. The SMILES string of the molecule is CCC[C@@H](C)[C@H]1CC[C@H]2[C@@H]3CC[C@@H]4CC(S(=O)(=O)Br)CC[C@]4(C)[C@H]3CC[C@]12C. The van der Waals surface area contributed by atoms with Gasteiger partial charge in [0.15, 0.2) is 0 Å². The molecule has 4 rings (SSSR count). The lowest BCUT2D eigenvalue weighted by Crippen LogP contribution is -2.54. The van der Waals surface area contributed by atoms with E-state index in [1.807, 2.05) is 0 Å². The molecule has 0 aromatic rings. The molecule has 4 heteroatoms. The second-order valence-corrected chi connectivity index (χ2v) is 15.8. The third-order valence-electron chi connectivity index (χ3n) is 10.5. The van der Waals surface area contributed by atoms with Crippen molar-refractivity contribution < 1.29 is 8.42 Å². The first-order valence-corrected chi connectivity index (χ1v) is 15.4. The zero-order chi connectivity index (χ0) is 20.3. The van der Waals surface area contributed by atoms with E-state index < -0.39 is 8.27 Å². The van der Waals surface area contributed by atoms with E-state index in [-0.39, 0.29) is 5.25 Å². The summed E-state index contributed by atoms with van der Waals surface area (Å²) >= 11 is 2.99. The molecule has 2 nitrogen and oxygen atoms in total. The van der Waals surface area contributed by atoms with E-state index in [9.17, 15) is 8.42 Å². The molecule has 162 valence electrons. The lowest BCUT2D eigenvalue weighted by atomic mass is 9.44. The summed E-state index contributed by atoms with van der Waals surface area (Å²) in [6, 6.07) is 0. The van der Waals surface area contributed by atoms with Gasteiger partial charge in [-0.25, -0.2) is 8.42 Å². The molecular weight excluding hydrogens is 432 g/mol. The highest BCUT2D eigenvalue weighted by Crippen LogP contribution is 2.68. The largest absolute Gasteiger partial charge is 0.217 e. The maximum Gasteiger partial charge on any atom is 0.212 e. The molecule has 0 aromatic heterocycles. The summed E-state index contributed by atoms with van der Waals surface area (Å²) in [4.78, 5) is 0.